The van der Waals surface area contributed by atoms with Gasteiger partial charge in [0.2, 0.25) is 5.75 Å². The van der Waals surface area contributed by atoms with Crippen LogP contribution in [-0.4, -0.2) is 34.1 Å². The summed E-state index contributed by atoms with van der Waals surface area (Å²) in [6.07, 6.45) is -4.25. The number of hydrogen-bond donors (Lipinski definition) is 1. The van der Waals surface area contributed by atoms with Crippen LogP contribution in [0.15, 0.2) is 12.1 Å². The van der Waals surface area contributed by atoms with Gasteiger partial charge in [0, 0.05) is 12.1 Å². The lowest BCUT2D eigenvalue weighted by molar-refractivity contribution is -0.125. The number of benzene rings is 1. The third-order valence-electron chi connectivity index (χ3n) is 2.43. The van der Waals surface area contributed by atoms with Gasteiger partial charge in [-0.1, -0.05) is 6.07 Å². The van der Waals surface area contributed by atoms with E-state index in [4.69, 9.17) is 14.2 Å². The number of hydrogen-bond acceptors (Lipinski definition) is 4. The Morgan fingerprint density at radius 3 is 2.11 bits per heavy atom. The van der Waals surface area contributed by atoms with Crippen LogP contribution in [0.25, 0.3) is 0 Å². The molecule has 108 valence electrons. The zero-order chi connectivity index (χ0) is 14.5. The lowest BCUT2D eigenvalue weighted by atomic mass is 10.1. The second-order valence-electron chi connectivity index (χ2n) is 3.71. The Hall–Kier alpha value is -1.63. The molecular formula is C12H16F3NO3. The summed E-state index contributed by atoms with van der Waals surface area (Å²) in [4.78, 5) is 0. The van der Waals surface area contributed by atoms with E-state index in [0.717, 1.165) is 0 Å². The van der Waals surface area contributed by atoms with Crippen LogP contribution < -0.4 is 19.5 Å². The summed E-state index contributed by atoms with van der Waals surface area (Å²) in [6, 6.07) is 3.25. The Morgan fingerprint density at radius 1 is 1.00 bits per heavy atom. The first-order chi connectivity index (χ1) is 8.92. The first-order valence-corrected chi connectivity index (χ1v) is 5.48. The first-order valence-electron chi connectivity index (χ1n) is 5.48. The van der Waals surface area contributed by atoms with Gasteiger partial charge in [0.25, 0.3) is 0 Å². The first kappa shape index (κ1) is 15.4. The molecule has 0 amide bonds. The average Bonchev–Trinajstić information content (AvgIpc) is 2.36. The summed E-state index contributed by atoms with van der Waals surface area (Å²) in [7, 11) is 4.33. The molecule has 0 fully saturated rings. The molecule has 0 atom stereocenters. The molecule has 19 heavy (non-hydrogen) atoms. The smallest absolute Gasteiger partial charge is 0.401 e. The van der Waals surface area contributed by atoms with Crippen molar-refractivity contribution in [1.82, 2.24) is 5.32 Å². The molecule has 0 radical (unpaired) electrons. The quantitative estimate of drug-likeness (QED) is 0.867. The van der Waals surface area contributed by atoms with Gasteiger partial charge in [0.05, 0.1) is 27.9 Å². The van der Waals surface area contributed by atoms with Gasteiger partial charge in [0.15, 0.2) is 11.5 Å². The second-order valence-corrected chi connectivity index (χ2v) is 3.71. The van der Waals surface area contributed by atoms with Gasteiger partial charge in [-0.15, -0.1) is 0 Å². The Labute approximate surface area is 109 Å². The van der Waals surface area contributed by atoms with Crippen molar-refractivity contribution in [2.75, 3.05) is 27.9 Å². The molecule has 0 aliphatic rings. The van der Waals surface area contributed by atoms with Gasteiger partial charge in [-0.05, 0) is 6.07 Å². The van der Waals surface area contributed by atoms with Crippen LogP contribution in [0.4, 0.5) is 13.2 Å². The molecule has 1 rings (SSSR count). The highest BCUT2D eigenvalue weighted by Crippen LogP contribution is 2.39. The molecule has 0 aromatic heterocycles. The Bertz CT molecular complexity index is 421. The molecule has 0 aliphatic heterocycles. The molecule has 0 saturated carbocycles. The normalized spacial score (nSPS) is 11.3. The van der Waals surface area contributed by atoms with Crippen molar-refractivity contribution < 1.29 is 27.4 Å². The predicted octanol–water partition coefficient (Wildman–Crippen LogP) is 2.36. The van der Waals surface area contributed by atoms with Crippen LogP contribution in [-0.2, 0) is 6.54 Å². The highest BCUT2D eigenvalue weighted by atomic mass is 19.4. The standard InChI is InChI=1S/C12H16F3NO3/c1-17-9-5-4-8(6-16-7-12(13,14)15)10(18-2)11(9)19-3/h4-5,16H,6-7H2,1-3H3. The number of nitrogens with one attached hydrogen (secondary N) is 1. The second kappa shape index (κ2) is 6.51. The van der Waals surface area contributed by atoms with Crippen molar-refractivity contribution in [3.8, 4) is 17.2 Å². The fourth-order valence-electron chi connectivity index (χ4n) is 1.64. The maximum Gasteiger partial charge on any atom is 0.401 e. The fraction of sp³-hybridized carbons (Fsp3) is 0.500. The lowest BCUT2D eigenvalue weighted by Gasteiger charge is -2.16. The van der Waals surface area contributed by atoms with Gasteiger partial charge < -0.3 is 19.5 Å². The van der Waals surface area contributed by atoms with Crippen molar-refractivity contribution in [1.29, 1.82) is 0 Å². The van der Waals surface area contributed by atoms with E-state index in [9.17, 15) is 13.2 Å². The van der Waals surface area contributed by atoms with Crippen molar-refractivity contribution in [2.24, 2.45) is 0 Å². The maximum atomic E-state index is 12.1. The molecule has 4 nitrogen and oxygen atoms in total. The van der Waals surface area contributed by atoms with E-state index in [1.54, 1.807) is 12.1 Å². The predicted molar refractivity (Wildman–Crippen MR) is 63.9 cm³/mol. The van der Waals surface area contributed by atoms with E-state index in [1.165, 1.54) is 21.3 Å². The van der Waals surface area contributed by atoms with Crippen LogP contribution >= 0.6 is 0 Å². The number of halogens is 3. The molecule has 0 spiro atoms. The molecule has 1 aromatic carbocycles. The number of methoxy groups -OCH3 is 3. The van der Waals surface area contributed by atoms with Crippen LogP contribution in [0.2, 0.25) is 0 Å². The zero-order valence-corrected chi connectivity index (χ0v) is 10.9. The lowest BCUT2D eigenvalue weighted by Crippen LogP contribution is -2.28. The summed E-state index contributed by atoms with van der Waals surface area (Å²) in [5.41, 5.74) is 0.560. The third kappa shape index (κ3) is 4.20. The van der Waals surface area contributed by atoms with Crippen LogP contribution in [0.1, 0.15) is 5.56 Å². The van der Waals surface area contributed by atoms with Gasteiger partial charge in [0.1, 0.15) is 0 Å². The average molecular weight is 279 g/mol. The molecule has 0 heterocycles. The fourth-order valence-corrected chi connectivity index (χ4v) is 1.64. The van der Waals surface area contributed by atoms with Crippen LogP contribution in [0.3, 0.4) is 0 Å². The van der Waals surface area contributed by atoms with Crippen molar-refractivity contribution in [3.63, 3.8) is 0 Å². The van der Waals surface area contributed by atoms with Crippen LogP contribution in [0, 0.1) is 0 Å². The molecule has 7 heteroatoms. The zero-order valence-electron chi connectivity index (χ0n) is 10.9. The van der Waals surface area contributed by atoms with E-state index in [1.807, 2.05) is 0 Å². The number of ether oxygens (including phenoxy) is 3. The van der Waals surface area contributed by atoms with Gasteiger partial charge in [-0.2, -0.15) is 13.2 Å². The van der Waals surface area contributed by atoms with Crippen molar-refractivity contribution in [2.45, 2.75) is 12.7 Å². The summed E-state index contributed by atoms with van der Waals surface area (Å²) in [5, 5.41) is 2.30. The third-order valence-corrected chi connectivity index (χ3v) is 2.43. The topological polar surface area (TPSA) is 39.7 Å². The highest BCUT2D eigenvalue weighted by molar-refractivity contribution is 5.55. The Morgan fingerprint density at radius 2 is 1.63 bits per heavy atom. The summed E-state index contributed by atoms with van der Waals surface area (Å²) in [5.74, 6) is 1.17. The minimum atomic E-state index is -4.25. The van der Waals surface area contributed by atoms with Gasteiger partial charge >= 0.3 is 6.18 Å². The van der Waals surface area contributed by atoms with Gasteiger partial charge in [-0.25, -0.2) is 0 Å². The summed E-state index contributed by atoms with van der Waals surface area (Å²) in [6.45, 7) is -1.05. The molecule has 0 bridgehead atoms. The molecular weight excluding hydrogens is 263 g/mol. The Balaban J connectivity index is 2.89. The van der Waals surface area contributed by atoms with E-state index >= 15 is 0 Å². The van der Waals surface area contributed by atoms with Crippen molar-refractivity contribution in [3.05, 3.63) is 17.7 Å². The largest absolute Gasteiger partial charge is 0.493 e. The highest BCUT2D eigenvalue weighted by Gasteiger charge is 2.26. The summed E-state index contributed by atoms with van der Waals surface area (Å²) < 4.78 is 51.6. The molecule has 0 aliphatic carbocycles. The van der Waals surface area contributed by atoms with E-state index in [-0.39, 0.29) is 6.54 Å². The monoisotopic (exact) mass is 279 g/mol. The van der Waals surface area contributed by atoms with E-state index in [2.05, 4.69) is 5.32 Å². The van der Waals surface area contributed by atoms with Gasteiger partial charge in [-0.3, -0.25) is 0 Å². The molecule has 0 unspecified atom stereocenters. The SMILES string of the molecule is COc1ccc(CNCC(F)(F)F)c(OC)c1OC. The minimum Gasteiger partial charge on any atom is -0.493 e. The van der Waals surface area contributed by atoms with Crippen molar-refractivity contribution >= 4 is 0 Å². The molecule has 0 saturated heterocycles. The minimum absolute atomic E-state index is 0.0169. The Kier molecular flexibility index (Phi) is 5.29. The molecule has 1 aromatic rings. The summed E-state index contributed by atoms with van der Waals surface area (Å²) >= 11 is 0. The molecule has 1 N–H and O–H groups in total. The van der Waals surface area contributed by atoms with E-state index in [0.29, 0.717) is 22.8 Å². The maximum absolute atomic E-state index is 12.1. The number of rotatable bonds is 6. The van der Waals surface area contributed by atoms with E-state index < -0.39 is 12.7 Å². The van der Waals surface area contributed by atoms with Crippen LogP contribution in [0.5, 0.6) is 17.2 Å². The number of alkyl halides is 3.